The van der Waals surface area contributed by atoms with Crippen LogP contribution in [0.4, 0.5) is 0 Å². The van der Waals surface area contributed by atoms with Crippen molar-refractivity contribution in [2.75, 3.05) is 13.7 Å². The third-order valence-electron chi connectivity index (χ3n) is 3.10. The number of ether oxygens (including phenoxy) is 1. The Bertz CT molecular complexity index is 483. The zero-order valence-electron chi connectivity index (χ0n) is 12.7. The van der Waals surface area contributed by atoms with Crippen molar-refractivity contribution in [3.8, 4) is 0 Å². The molecule has 4 heteroatoms. The second kappa shape index (κ2) is 7.80. The Morgan fingerprint density at radius 3 is 2.60 bits per heavy atom. The fourth-order valence-electron chi connectivity index (χ4n) is 2.04. The minimum atomic E-state index is -0.117. The molecular formula is C16H23NO3. The van der Waals surface area contributed by atoms with Gasteiger partial charge in [-0.2, -0.15) is 0 Å². The topological polar surface area (TPSA) is 55.4 Å². The molecule has 4 nitrogen and oxygen atoms in total. The number of hydrogen-bond donors (Lipinski definition) is 1. The molecule has 0 saturated carbocycles. The monoisotopic (exact) mass is 277 g/mol. The van der Waals surface area contributed by atoms with Crippen LogP contribution in [0.15, 0.2) is 18.2 Å². The van der Waals surface area contributed by atoms with Gasteiger partial charge >= 0.3 is 0 Å². The molecule has 110 valence electrons. The van der Waals surface area contributed by atoms with Crippen LogP contribution in [0, 0.1) is 13.8 Å². The Kier molecular flexibility index (Phi) is 6.39. The predicted octanol–water partition coefficient (Wildman–Crippen LogP) is 2.42. The Hall–Kier alpha value is -1.68. The summed E-state index contributed by atoms with van der Waals surface area (Å²) in [7, 11) is 1.59. The average Bonchev–Trinajstić information content (AvgIpc) is 2.39. The summed E-state index contributed by atoms with van der Waals surface area (Å²) in [6, 6.07) is 5.75. The van der Waals surface area contributed by atoms with Crippen LogP contribution in [0.25, 0.3) is 0 Å². The SMILES string of the molecule is COC[C@H](C)NC(=O)CCC(=O)c1cc(C)ccc1C. The zero-order valence-corrected chi connectivity index (χ0v) is 12.7. The maximum atomic E-state index is 12.1. The number of nitrogens with one attached hydrogen (secondary N) is 1. The third kappa shape index (κ3) is 5.13. The lowest BCUT2D eigenvalue weighted by Crippen LogP contribution is -2.35. The summed E-state index contributed by atoms with van der Waals surface area (Å²) < 4.78 is 4.95. The summed E-state index contributed by atoms with van der Waals surface area (Å²) in [5.74, 6) is -0.103. The number of methoxy groups -OCH3 is 1. The quantitative estimate of drug-likeness (QED) is 0.779. The van der Waals surface area contributed by atoms with Crippen molar-refractivity contribution in [3.63, 3.8) is 0 Å². The second-order valence-electron chi connectivity index (χ2n) is 5.17. The van der Waals surface area contributed by atoms with E-state index in [1.165, 1.54) is 0 Å². The molecule has 0 bridgehead atoms. The Morgan fingerprint density at radius 1 is 1.25 bits per heavy atom. The van der Waals surface area contributed by atoms with Gasteiger partial charge in [0.1, 0.15) is 0 Å². The van der Waals surface area contributed by atoms with Gasteiger partial charge in [-0.25, -0.2) is 0 Å². The van der Waals surface area contributed by atoms with E-state index in [2.05, 4.69) is 5.32 Å². The Balaban J connectivity index is 2.51. The minimum Gasteiger partial charge on any atom is -0.383 e. The van der Waals surface area contributed by atoms with E-state index in [-0.39, 0.29) is 30.6 Å². The van der Waals surface area contributed by atoms with Crippen molar-refractivity contribution >= 4 is 11.7 Å². The molecule has 0 radical (unpaired) electrons. The van der Waals surface area contributed by atoms with Crippen molar-refractivity contribution in [1.82, 2.24) is 5.32 Å². The van der Waals surface area contributed by atoms with Gasteiger partial charge in [0.15, 0.2) is 5.78 Å². The number of rotatable bonds is 7. The number of aryl methyl sites for hydroxylation is 2. The van der Waals surface area contributed by atoms with E-state index in [0.717, 1.165) is 11.1 Å². The predicted molar refractivity (Wildman–Crippen MR) is 79.0 cm³/mol. The van der Waals surface area contributed by atoms with E-state index in [4.69, 9.17) is 4.74 Å². The summed E-state index contributed by atoms with van der Waals surface area (Å²) in [4.78, 5) is 23.8. The van der Waals surface area contributed by atoms with Gasteiger partial charge in [-0.05, 0) is 32.4 Å². The Labute approximate surface area is 120 Å². The number of ketones is 1. The van der Waals surface area contributed by atoms with E-state index in [1.807, 2.05) is 39.0 Å². The van der Waals surface area contributed by atoms with Crippen LogP contribution < -0.4 is 5.32 Å². The minimum absolute atomic E-state index is 0.0146. The number of carbonyl (C=O) groups is 2. The maximum absolute atomic E-state index is 12.1. The molecule has 1 N–H and O–H groups in total. The fourth-order valence-corrected chi connectivity index (χ4v) is 2.04. The molecule has 0 aliphatic heterocycles. The molecule has 1 aromatic carbocycles. The van der Waals surface area contributed by atoms with Crippen LogP contribution in [0.3, 0.4) is 0 Å². The highest BCUT2D eigenvalue weighted by atomic mass is 16.5. The number of hydrogen-bond acceptors (Lipinski definition) is 3. The molecule has 1 amide bonds. The highest BCUT2D eigenvalue weighted by Crippen LogP contribution is 2.13. The van der Waals surface area contributed by atoms with Gasteiger partial charge < -0.3 is 10.1 Å². The first kappa shape index (κ1) is 16.4. The first-order chi connectivity index (χ1) is 9.43. The normalized spacial score (nSPS) is 12.0. The van der Waals surface area contributed by atoms with Crippen molar-refractivity contribution < 1.29 is 14.3 Å². The first-order valence-corrected chi connectivity index (χ1v) is 6.82. The first-order valence-electron chi connectivity index (χ1n) is 6.82. The highest BCUT2D eigenvalue weighted by Gasteiger charge is 2.13. The molecule has 0 saturated heterocycles. The molecule has 1 atom stereocenters. The van der Waals surface area contributed by atoms with E-state index in [9.17, 15) is 9.59 Å². The highest BCUT2D eigenvalue weighted by molar-refractivity contribution is 5.99. The van der Waals surface area contributed by atoms with E-state index < -0.39 is 0 Å². The lowest BCUT2D eigenvalue weighted by atomic mass is 9.99. The van der Waals surface area contributed by atoms with Gasteiger partial charge in [-0.1, -0.05) is 17.7 Å². The van der Waals surface area contributed by atoms with Gasteiger partial charge in [-0.15, -0.1) is 0 Å². The van der Waals surface area contributed by atoms with Gasteiger partial charge in [0.2, 0.25) is 5.91 Å². The largest absolute Gasteiger partial charge is 0.383 e. The lowest BCUT2D eigenvalue weighted by Gasteiger charge is -2.12. The van der Waals surface area contributed by atoms with E-state index in [0.29, 0.717) is 12.2 Å². The lowest BCUT2D eigenvalue weighted by molar-refractivity contribution is -0.122. The van der Waals surface area contributed by atoms with Crippen LogP contribution in [0.2, 0.25) is 0 Å². The van der Waals surface area contributed by atoms with Crippen LogP contribution in [-0.4, -0.2) is 31.4 Å². The van der Waals surface area contributed by atoms with Crippen molar-refractivity contribution in [1.29, 1.82) is 0 Å². The number of benzene rings is 1. The van der Waals surface area contributed by atoms with Crippen LogP contribution in [0.5, 0.6) is 0 Å². The van der Waals surface area contributed by atoms with Gasteiger partial charge in [0.25, 0.3) is 0 Å². The molecule has 0 aliphatic carbocycles. The van der Waals surface area contributed by atoms with Crippen LogP contribution in [0.1, 0.15) is 41.3 Å². The summed E-state index contributed by atoms with van der Waals surface area (Å²) in [6.07, 6.45) is 0.441. The van der Waals surface area contributed by atoms with E-state index in [1.54, 1.807) is 7.11 Å². The summed E-state index contributed by atoms with van der Waals surface area (Å²) in [5.41, 5.74) is 2.72. The molecule has 0 heterocycles. The summed E-state index contributed by atoms with van der Waals surface area (Å²) in [6.45, 7) is 6.20. The fraction of sp³-hybridized carbons (Fsp3) is 0.500. The number of amides is 1. The van der Waals surface area contributed by atoms with Gasteiger partial charge in [0, 0.05) is 31.6 Å². The molecule has 0 fully saturated rings. The van der Waals surface area contributed by atoms with Crippen LogP contribution in [-0.2, 0) is 9.53 Å². The second-order valence-corrected chi connectivity index (χ2v) is 5.17. The zero-order chi connectivity index (χ0) is 15.1. The van der Waals surface area contributed by atoms with Crippen molar-refractivity contribution in [2.24, 2.45) is 0 Å². The van der Waals surface area contributed by atoms with E-state index >= 15 is 0 Å². The molecule has 0 aliphatic rings. The van der Waals surface area contributed by atoms with Gasteiger partial charge in [-0.3, -0.25) is 9.59 Å². The van der Waals surface area contributed by atoms with Gasteiger partial charge in [0.05, 0.1) is 6.61 Å². The van der Waals surface area contributed by atoms with Crippen molar-refractivity contribution in [3.05, 3.63) is 34.9 Å². The summed E-state index contributed by atoms with van der Waals surface area (Å²) >= 11 is 0. The molecule has 20 heavy (non-hydrogen) atoms. The molecular weight excluding hydrogens is 254 g/mol. The molecule has 0 aromatic heterocycles. The maximum Gasteiger partial charge on any atom is 0.220 e. The average molecular weight is 277 g/mol. The third-order valence-corrected chi connectivity index (χ3v) is 3.10. The van der Waals surface area contributed by atoms with Crippen molar-refractivity contribution in [2.45, 2.75) is 39.7 Å². The summed E-state index contributed by atoms with van der Waals surface area (Å²) in [5, 5.41) is 2.80. The number of Topliss-reactive ketones (excluding diaryl/α,β-unsaturated/α-hetero) is 1. The van der Waals surface area contributed by atoms with Crippen LogP contribution >= 0.6 is 0 Å². The molecule has 0 spiro atoms. The molecule has 1 aromatic rings. The molecule has 1 rings (SSSR count). The Morgan fingerprint density at radius 2 is 1.95 bits per heavy atom. The standard InChI is InChI=1S/C16H23NO3/c1-11-5-6-12(2)14(9-11)15(18)7-8-16(19)17-13(3)10-20-4/h5-6,9,13H,7-8,10H2,1-4H3,(H,17,19)/t13-/m0/s1. The number of carbonyl (C=O) groups excluding carboxylic acids is 2. The smallest absolute Gasteiger partial charge is 0.220 e. The molecule has 0 unspecified atom stereocenters.